The van der Waals surface area contributed by atoms with E-state index in [1.165, 1.54) is 43.9 Å². The number of piperazine rings is 1. The zero-order valence-corrected chi connectivity index (χ0v) is 20.8. The van der Waals surface area contributed by atoms with E-state index >= 15 is 0 Å². The van der Waals surface area contributed by atoms with Gasteiger partial charge in [0.1, 0.15) is 0 Å². The first-order valence-corrected chi connectivity index (χ1v) is 10.5. The molecule has 0 spiro atoms. The van der Waals surface area contributed by atoms with Crippen LogP contribution in [0, 0.1) is 5.92 Å². The first-order valence-electron chi connectivity index (χ1n) is 10.5. The Morgan fingerprint density at radius 1 is 1.07 bits per heavy atom. The molecule has 0 radical (unpaired) electrons. The molecule has 1 atom stereocenters. The van der Waals surface area contributed by atoms with Gasteiger partial charge in [0.05, 0.1) is 0 Å². The van der Waals surface area contributed by atoms with Crippen LogP contribution in [0.1, 0.15) is 31.9 Å². The second-order valence-corrected chi connectivity index (χ2v) is 7.79. The first kappa shape index (κ1) is 25.2. The molecule has 0 bridgehead atoms. The molecule has 0 aromatic heterocycles. The van der Waals surface area contributed by atoms with Gasteiger partial charge in [0.15, 0.2) is 5.96 Å². The van der Waals surface area contributed by atoms with Crippen molar-refractivity contribution in [2.24, 2.45) is 10.9 Å². The highest BCUT2D eigenvalue weighted by molar-refractivity contribution is 14.0. The first-order chi connectivity index (χ1) is 13.0. The van der Waals surface area contributed by atoms with Gasteiger partial charge in [-0.2, -0.15) is 0 Å². The third kappa shape index (κ3) is 8.25. The molecule has 28 heavy (non-hydrogen) atoms. The van der Waals surface area contributed by atoms with Crippen molar-refractivity contribution in [2.75, 3.05) is 59.9 Å². The fourth-order valence-electron chi connectivity index (χ4n) is 3.67. The summed E-state index contributed by atoms with van der Waals surface area (Å²) in [5, 5.41) is 3.56. The third-order valence-electron chi connectivity index (χ3n) is 5.51. The lowest BCUT2D eigenvalue weighted by molar-refractivity contribution is 0.124. The Hall–Kier alpha value is -0.860. The van der Waals surface area contributed by atoms with Gasteiger partial charge in [-0.25, -0.2) is 0 Å². The average molecular weight is 502 g/mol. The number of aryl methyl sites for hydroxylation is 1. The molecule has 1 aromatic rings. The SMILES string of the molecule is CCc1ccc(CN(C)C(=NC)NCC(C)CN2CCN(CC)CC2)cc1.I. The van der Waals surface area contributed by atoms with E-state index in [-0.39, 0.29) is 24.0 Å². The second kappa shape index (κ2) is 13.4. The quantitative estimate of drug-likeness (QED) is 0.337. The van der Waals surface area contributed by atoms with Gasteiger partial charge in [-0.05, 0) is 30.0 Å². The summed E-state index contributed by atoms with van der Waals surface area (Å²) in [7, 11) is 3.98. The van der Waals surface area contributed by atoms with E-state index in [0.717, 1.165) is 32.0 Å². The topological polar surface area (TPSA) is 34.1 Å². The number of aliphatic imine (C=N–C) groups is 1. The number of halogens is 1. The number of nitrogens with one attached hydrogen (secondary N) is 1. The molecule has 1 fully saturated rings. The molecule has 1 aliphatic rings. The minimum absolute atomic E-state index is 0. The van der Waals surface area contributed by atoms with Crippen molar-refractivity contribution in [1.82, 2.24) is 20.0 Å². The van der Waals surface area contributed by atoms with Crippen molar-refractivity contribution < 1.29 is 0 Å². The predicted octanol–water partition coefficient (Wildman–Crippen LogP) is 3.15. The molecule has 1 unspecified atom stereocenters. The summed E-state index contributed by atoms with van der Waals surface area (Å²) in [4.78, 5) is 11.8. The van der Waals surface area contributed by atoms with Crippen molar-refractivity contribution in [3.05, 3.63) is 35.4 Å². The summed E-state index contributed by atoms with van der Waals surface area (Å²) in [5.74, 6) is 1.57. The molecule has 2 rings (SSSR count). The molecule has 0 saturated carbocycles. The largest absolute Gasteiger partial charge is 0.356 e. The van der Waals surface area contributed by atoms with Crippen LogP contribution in [0.3, 0.4) is 0 Å². The molecule has 1 N–H and O–H groups in total. The Balaban J connectivity index is 0.00000392. The summed E-state index contributed by atoms with van der Waals surface area (Å²) in [6, 6.07) is 8.89. The molecular formula is C22H40IN5. The number of hydrogen-bond acceptors (Lipinski definition) is 3. The fourth-order valence-corrected chi connectivity index (χ4v) is 3.67. The summed E-state index contributed by atoms with van der Waals surface area (Å²) < 4.78 is 0. The Morgan fingerprint density at radius 3 is 2.18 bits per heavy atom. The minimum Gasteiger partial charge on any atom is -0.356 e. The lowest BCUT2D eigenvalue weighted by Crippen LogP contribution is -2.48. The molecule has 6 heteroatoms. The van der Waals surface area contributed by atoms with Gasteiger partial charge in [-0.1, -0.05) is 45.0 Å². The van der Waals surface area contributed by atoms with Crippen LogP contribution in [0.15, 0.2) is 29.3 Å². The highest BCUT2D eigenvalue weighted by Crippen LogP contribution is 2.08. The zero-order chi connectivity index (χ0) is 19.6. The van der Waals surface area contributed by atoms with Crippen LogP contribution >= 0.6 is 24.0 Å². The van der Waals surface area contributed by atoms with Gasteiger partial charge >= 0.3 is 0 Å². The Kier molecular flexibility index (Phi) is 12.0. The fraction of sp³-hybridized carbons (Fsp3) is 0.682. The van der Waals surface area contributed by atoms with Gasteiger partial charge in [0, 0.05) is 59.9 Å². The number of hydrogen-bond donors (Lipinski definition) is 1. The molecule has 1 heterocycles. The van der Waals surface area contributed by atoms with Gasteiger partial charge in [0.25, 0.3) is 0 Å². The lowest BCUT2D eigenvalue weighted by Gasteiger charge is -2.35. The number of likely N-dealkylation sites (N-methyl/N-ethyl adjacent to an activating group) is 1. The Morgan fingerprint density at radius 2 is 1.64 bits per heavy atom. The van der Waals surface area contributed by atoms with Crippen molar-refractivity contribution in [2.45, 2.75) is 33.7 Å². The van der Waals surface area contributed by atoms with E-state index in [2.05, 4.69) is 77.1 Å². The van der Waals surface area contributed by atoms with Crippen LogP contribution < -0.4 is 5.32 Å². The van der Waals surface area contributed by atoms with E-state index in [4.69, 9.17) is 0 Å². The van der Waals surface area contributed by atoms with E-state index < -0.39 is 0 Å². The molecule has 160 valence electrons. The molecule has 0 aliphatic carbocycles. The van der Waals surface area contributed by atoms with E-state index in [1.807, 2.05) is 7.05 Å². The molecule has 1 saturated heterocycles. The lowest BCUT2D eigenvalue weighted by atomic mass is 10.1. The summed E-state index contributed by atoms with van der Waals surface area (Å²) in [6.45, 7) is 15.7. The average Bonchev–Trinajstić information content (AvgIpc) is 2.69. The monoisotopic (exact) mass is 501 g/mol. The van der Waals surface area contributed by atoms with Crippen LogP contribution in [0.5, 0.6) is 0 Å². The van der Waals surface area contributed by atoms with E-state index in [0.29, 0.717) is 5.92 Å². The normalized spacial score (nSPS) is 17.1. The maximum atomic E-state index is 4.47. The van der Waals surface area contributed by atoms with Crippen molar-refractivity contribution in [1.29, 1.82) is 0 Å². The molecule has 5 nitrogen and oxygen atoms in total. The Bertz CT molecular complexity index is 567. The van der Waals surface area contributed by atoms with Gasteiger partial charge in [-0.3, -0.25) is 4.99 Å². The molecule has 0 amide bonds. The van der Waals surface area contributed by atoms with Crippen LogP contribution in [-0.4, -0.2) is 80.6 Å². The number of guanidine groups is 1. The maximum absolute atomic E-state index is 4.47. The van der Waals surface area contributed by atoms with Gasteiger partial charge in [0.2, 0.25) is 0 Å². The van der Waals surface area contributed by atoms with Crippen molar-refractivity contribution in [3.63, 3.8) is 0 Å². The predicted molar refractivity (Wildman–Crippen MR) is 132 cm³/mol. The van der Waals surface area contributed by atoms with E-state index in [9.17, 15) is 0 Å². The van der Waals surface area contributed by atoms with Crippen LogP contribution in [0.25, 0.3) is 0 Å². The Labute approximate surface area is 189 Å². The van der Waals surface area contributed by atoms with Crippen LogP contribution in [0.4, 0.5) is 0 Å². The minimum atomic E-state index is 0. The molecule has 1 aromatic carbocycles. The highest BCUT2D eigenvalue weighted by Gasteiger charge is 2.17. The summed E-state index contributed by atoms with van der Waals surface area (Å²) in [6.07, 6.45) is 1.09. The zero-order valence-electron chi connectivity index (χ0n) is 18.4. The number of rotatable bonds is 8. The smallest absolute Gasteiger partial charge is 0.193 e. The van der Waals surface area contributed by atoms with Crippen LogP contribution in [-0.2, 0) is 13.0 Å². The van der Waals surface area contributed by atoms with Gasteiger partial charge < -0.3 is 20.0 Å². The third-order valence-corrected chi connectivity index (χ3v) is 5.51. The van der Waals surface area contributed by atoms with Crippen molar-refractivity contribution >= 4 is 29.9 Å². The summed E-state index contributed by atoms with van der Waals surface area (Å²) in [5.41, 5.74) is 2.71. The highest BCUT2D eigenvalue weighted by atomic mass is 127. The molecular weight excluding hydrogens is 461 g/mol. The summed E-state index contributed by atoms with van der Waals surface area (Å²) >= 11 is 0. The second-order valence-electron chi connectivity index (χ2n) is 7.79. The van der Waals surface area contributed by atoms with Crippen molar-refractivity contribution in [3.8, 4) is 0 Å². The number of nitrogens with zero attached hydrogens (tertiary/aromatic N) is 4. The standard InChI is InChI=1S/C22H39N5.HI/c1-6-20-8-10-21(11-9-20)18-25(5)22(23-4)24-16-19(3)17-27-14-12-26(7-2)13-15-27;/h8-11,19H,6-7,12-18H2,1-5H3,(H,23,24);1H. The van der Waals surface area contributed by atoms with E-state index in [1.54, 1.807) is 0 Å². The van der Waals surface area contributed by atoms with Crippen LogP contribution in [0.2, 0.25) is 0 Å². The maximum Gasteiger partial charge on any atom is 0.193 e. The van der Waals surface area contributed by atoms with Gasteiger partial charge in [-0.15, -0.1) is 24.0 Å². The number of benzene rings is 1. The molecule has 1 aliphatic heterocycles.